The molecule has 0 spiro atoms. The second-order valence-electron chi connectivity index (χ2n) is 6.38. The zero-order valence-corrected chi connectivity index (χ0v) is 13.5. The summed E-state index contributed by atoms with van der Waals surface area (Å²) >= 11 is 0. The zero-order chi connectivity index (χ0) is 15.6. The van der Waals surface area contributed by atoms with Crippen LogP contribution in [0.3, 0.4) is 0 Å². The summed E-state index contributed by atoms with van der Waals surface area (Å²) in [5.41, 5.74) is 1.13. The lowest BCUT2D eigenvalue weighted by atomic mass is 10.1. The van der Waals surface area contributed by atoms with E-state index in [1.165, 1.54) is 12.8 Å². The summed E-state index contributed by atoms with van der Waals surface area (Å²) in [6.07, 6.45) is 2.99. The summed E-state index contributed by atoms with van der Waals surface area (Å²) < 4.78 is 22.1. The Morgan fingerprint density at radius 2 is 2.22 bits per heavy atom. The van der Waals surface area contributed by atoms with Crippen molar-refractivity contribution in [1.29, 1.82) is 0 Å². The molecule has 1 aromatic carbocycles. The summed E-state index contributed by atoms with van der Waals surface area (Å²) in [7, 11) is 1.65. The molecule has 2 fully saturated rings. The number of hydrogen-bond acceptors (Lipinski definition) is 6. The molecule has 1 N–H and O–H groups in total. The van der Waals surface area contributed by atoms with Crippen molar-refractivity contribution in [2.75, 3.05) is 40.1 Å². The monoisotopic (exact) mass is 320 g/mol. The van der Waals surface area contributed by atoms with E-state index in [2.05, 4.69) is 10.2 Å². The summed E-state index contributed by atoms with van der Waals surface area (Å²) in [5, 5.41) is 3.49. The van der Waals surface area contributed by atoms with E-state index >= 15 is 0 Å². The fraction of sp³-hybridized carbons (Fsp3) is 0.647. The van der Waals surface area contributed by atoms with Gasteiger partial charge in [-0.1, -0.05) is 0 Å². The third-order valence-electron chi connectivity index (χ3n) is 4.65. The first-order chi connectivity index (χ1) is 11.3. The predicted molar refractivity (Wildman–Crippen MR) is 85.2 cm³/mol. The van der Waals surface area contributed by atoms with Gasteiger partial charge in [0.2, 0.25) is 12.5 Å². The zero-order valence-electron chi connectivity index (χ0n) is 13.5. The van der Waals surface area contributed by atoms with Crippen LogP contribution in [0.5, 0.6) is 17.2 Å². The minimum absolute atomic E-state index is 0.259. The normalized spacial score (nSPS) is 24.0. The van der Waals surface area contributed by atoms with Crippen LogP contribution in [0.4, 0.5) is 0 Å². The molecule has 0 bridgehead atoms. The van der Waals surface area contributed by atoms with Gasteiger partial charge in [0.1, 0.15) is 0 Å². The van der Waals surface area contributed by atoms with Crippen LogP contribution in [-0.4, -0.2) is 57.2 Å². The largest absolute Gasteiger partial charge is 0.493 e. The lowest BCUT2D eigenvalue weighted by molar-refractivity contribution is -0.0301. The molecular weight excluding hydrogens is 296 g/mol. The number of hydrogen-bond donors (Lipinski definition) is 1. The Morgan fingerprint density at radius 3 is 3.04 bits per heavy atom. The molecule has 1 aromatic rings. The number of morpholine rings is 1. The van der Waals surface area contributed by atoms with Crippen LogP contribution in [-0.2, 0) is 11.3 Å². The van der Waals surface area contributed by atoms with Gasteiger partial charge < -0.3 is 24.3 Å². The molecule has 4 rings (SSSR count). The molecule has 1 atom stereocenters. The number of nitrogens with zero attached hydrogens (tertiary/aromatic N) is 1. The van der Waals surface area contributed by atoms with Gasteiger partial charge in [-0.2, -0.15) is 0 Å². The minimum Gasteiger partial charge on any atom is -0.493 e. The second-order valence-corrected chi connectivity index (χ2v) is 6.38. The van der Waals surface area contributed by atoms with Crippen LogP contribution in [0.2, 0.25) is 0 Å². The quantitative estimate of drug-likeness (QED) is 0.854. The van der Waals surface area contributed by atoms with Crippen molar-refractivity contribution in [2.45, 2.75) is 31.5 Å². The van der Waals surface area contributed by atoms with Gasteiger partial charge >= 0.3 is 0 Å². The van der Waals surface area contributed by atoms with Gasteiger partial charge in [0.25, 0.3) is 0 Å². The average Bonchev–Trinajstić information content (AvgIpc) is 3.32. The molecule has 1 saturated heterocycles. The lowest BCUT2D eigenvalue weighted by Gasteiger charge is -2.33. The molecule has 6 nitrogen and oxygen atoms in total. The lowest BCUT2D eigenvalue weighted by Crippen LogP contribution is -2.47. The Balaban J connectivity index is 1.31. The van der Waals surface area contributed by atoms with Crippen LogP contribution in [0.15, 0.2) is 12.1 Å². The van der Waals surface area contributed by atoms with Gasteiger partial charge in [0, 0.05) is 32.2 Å². The first kappa shape index (κ1) is 15.1. The first-order valence-electron chi connectivity index (χ1n) is 8.36. The Labute approximate surface area is 136 Å². The number of fused-ring (bicyclic) bond motifs is 1. The van der Waals surface area contributed by atoms with Crippen molar-refractivity contribution in [3.63, 3.8) is 0 Å². The minimum atomic E-state index is 0.259. The van der Waals surface area contributed by atoms with E-state index < -0.39 is 0 Å². The number of nitrogens with one attached hydrogen (secondary N) is 1. The molecule has 0 radical (unpaired) electrons. The van der Waals surface area contributed by atoms with Crippen molar-refractivity contribution in [3.05, 3.63) is 17.7 Å². The molecule has 1 saturated carbocycles. The molecule has 2 heterocycles. The molecule has 126 valence electrons. The summed E-state index contributed by atoms with van der Waals surface area (Å²) in [4.78, 5) is 2.57. The second kappa shape index (κ2) is 6.55. The van der Waals surface area contributed by atoms with Crippen molar-refractivity contribution >= 4 is 0 Å². The topological polar surface area (TPSA) is 52.2 Å². The van der Waals surface area contributed by atoms with E-state index in [4.69, 9.17) is 18.9 Å². The number of methoxy groups -OCH3 is 1. The molecule has 0 aromatic heterocycles. The Morgan fingerprint density at radius 1 is 1.30 bits per heavy atom. The number of ether oxygens (including phenoxy) is 4. The van der Waals surface area contributed by atoms with Gasteiger partial charge in [0.15, 0.2) is 11.5 Å². The SMILES string of the molecule is COc1cc(CNCC2CN(C3CC3)CCO2)cc2c1OCO2. The smallest absolute Gasteiger partial charge is 0.231 e. The van der Waals surface area contributed by atoms with Crippen LogP contribution >= 0.6 is 0 Å². The molecule has 6 heteroatoms. The maximum atomic E-state index is 5.87. The van der Waals surface area contributed by atoms with Crippen molar-refractivity contribution in [2.24, 2.45) is 0 Å². The van der Waals surface area contributed by atoms with E-state index in [-0.39, 0.29) is 12.9 Å². The Hall–Kier alpha value is -1.50. The first-order valence-corrected chi connectivity index (χ1v) is 8.36. The standard InChI is InChI=1S/C17H24N2O4/c1-20-15-6-12(7-16-17(15)23-11-22-16)8-18-9-14-10-19(4-5-21-14)13-2-3-13/h6-7,13-14,18H,2-5,8-11H2,1H3. The molecule has 3 aliphatic rings. The van der Waals surface area contributed by atoms with Crippen LogP contribution in [0.25, 0.3) is 0 Å². The van der Waals surface area contributed by atoms with E-state index in [1.54, 1.807) is 7.11 Å². The maximum absolute atomic E-state index is 5.87. The predicted octanol–water partition coefficient (Wildman–Crippen LogP) is 1.38. The summed E-state index contributed by atoms with van der Waals surface area (Å²) in [5.74, 6) is 2.19. The third-order valence-corrected chi connectivity index (χ3v) is 4.65. The van der Waals surface area contributed by atoms with E-state index in [1.807, 2.05) is 12.1 Å². The molecule has 1 unspecified atom stereocenters. The third kappa shape index (κ3) is 3.39. The number of benzene rings is 1. The van der Waals surface area contributed by atoms with E-state index in [0.29, 0.717) is 5.75 Å². The molecule has 0 amide bonds. The van der Waals surface area contributed by atoms with Crippen molar-refractivity contribution in [1.82, 2.24) is 10.2 Å². The van der Waals surface area contributed by atoms with Crippen LogP contribution in [0, 0.1) is 0 Å². The van der Waals surface area contributed by atoms with Crippen molar-refractivity contribution < 1.29 is 18.9 Å². The maximum Gasteiger partial charge on any atom is 0.231 e. The molecule has 23 heavy (non-hydrogen) atoms. The van der Waals surface area contributed by atoms with Crippen molar-refractivity contribution in [3.8, 4) is 17.2 Å². The highest BCUT2D eigenvalue weighted by Crippen LogP contribution is 2.41. The van der Waals surface area contributed by atoms with Crippen LogP contribution in [0.1, 0.15) is 18.4 Å². The summed E-state index contributed by atoms with van der Waals surface area (Å²) in [6.45, 7) is 4.86. The van der Waals surface area contributed by atoms with Gasteiger partial charge in [0.05, 0.1) is 19.8 Å². The fourth-order valence-electron chi connectivity index (χ4n) is 3.30. The fourth-order valence-corrected chi connectivity index (χ4v) is 3.30. The van der Waals surface area contributed by atoms with E-state index in [9.17, 15) is 0 Å². The molecule has 1 aliphatic carbocycles. The Kier molecular flexibility index (Phi) is 4.29. The highest BCUT2D eigenvalue weighted by Gasteiger charge is 2.32. The number of rotatable bonds is 6. The van der Waals surface area contributed by atoms with Gasteiger partial charge in [-0.3, -0.25) is 4.90 Å². The molecular formula is C17H24N2O4. The summed E-state index contributed by atoms with van der Waals surface area (Å²) in [6, 6.07) is 4.83. The highest BCUT2D eigenvalue weighted by molar-refractivity contribution is 5.55. The average molecular weight is 320 g/mol. The van der Waals surface area contributed by atoms with Crippen LogP contribution < -0.4 is 19.5 Å². The highest BCUT2D eigenvalue weighted by atomic mass is 16.7. The van der Waals surface area contributed by atoms with Gasteiger partial charge in [-0.25, -0.2) is 0 Å². The molecule has 2 aliphatic heterocycles. The Bertz CT molecular complexity index is 562. The van der Waals surface area contributed by atoms with Gasteiger partial charge in [-0.05, 0) is 30.5 Å². The van der Waals surface area contributed by atoms with Gasteiger partial charge in [-0.15, -0.1) is 0 Å². The van der Waals surface area contributed by atoms with E-state index in [0.717, 1.165) is 55.9 Å².